The Morgan fingerprint density at radius 2 is 2.25 bits per heavy atom. The zero-order valence-electron chi connectivity index (χ0n) is 10.1. The molecule has 0 aliphatic heterocycles. The third-order valence-electron chi connectivity index (χ3n) is 2.87. The first-order chi connectivity index (χ1) is 7.44. The molecule has 1 N–H and O–H groups in total. The monoisotopic (exact) mass is 220 g/mol. The molecule has 2 heteroatoms. The molecule has 0 aromatic heterocycles. The fourth-order valence-corrected chi connectivity index (χ4v) is 2.13. The number of hydrogen-bond acceptors (Lipinski definition) is 1. The fraction of sp³-hybridized carbons (Fsp3) is 0.500. The van der Waals surface area contributed by atoms with E-state index < -0.39 is 11.4 Å². The smallest absolute Gasteiger partial charge is 0.310 e. The molecule has 0 radical (unpaired) electrons. The topological polar surface area (TPSA) is 37.3 Å². The van der Waals surface area contributed by atoms with Crippen molar-refractivity contribution in [1.29, 1.82) is 0 Å². The standard InChI is InChI=1S/C14H20O2/c1-11(2)9-14(3,13(15)16)10-12-7-5-4-6-8-12/h5,7-8H,1,4,6,9-10H2,2-3H3,(H,15,16)/t14-/m1/s1. The van der Waals surface area contributed by atoms with Gasteiger partial charge in [-0.1, -0.05) is 29.4 Å². The molecule has 1 rings (SSSR count). The van der Waals surface area contributed by atoms with E-state index in [4.69, 9.17) is 0 Å². The molecule has 88 valence electrons. The minimum atomic E-state index is -0.740. The Balaban J connectivity index is 2.78. The highest BCUT2D eigenvalue weighted by Crippen LogP contribution is 2.34. The summed E-state index contributed by atoms with van der Waals surface area (Å²) in [5, 5.41) is 9.32. The summed E-state index contributed by atoms with van der Waals surface area (Å²) >= 11 is 0. The van der Waals surface area contributed by atoms with E-state index in [1.807, 2.05) is 13.0 Å². The normalized spacial score (nSPS) is 18.8. The van der Waals surface area contributed by atoms with Crippen LogP contribution >= 0.6 is 0 Å². The number of aliphatic carboxylic acids is 1. The van der Waals surface area contributed by atoms with Crippen LogP contribution in [0, 0.1) is 5.41 Å². The van der Waals surface area contributed by atoms with Crippen LogP contribution in [0.5, 0.6) is 0 Å². The second-order valence-electron chi connectivity index (χ2n) is 4.94. The van der Waals surface area contributed by atoms with Crippen molar-refractivity contribution in [2.45, 2.75) is 39.5 Å². The van der Waals surface area contributed by atoms with E-state index in [9.17, 15) is 9.90 Å². The predicted octanol–water partition coefficient (Wildman–Crippen LogP) is 3.71. The van der Waals surface area contributed by atoms with Crippen molar-refractivity contribution in [3.8, 4) is 0 Å². The molecule has 0 saturated heterocycles. The Labute approximate surface area is 97.4 Å². The summed E-state index contributed by atoms with van der Waals surface area (Å²) < 4.78 is 0. The molecule has 0 aromatic rings. The van der Waals surface area contributed by atoms with Crippen LogP contribution in [0.25, 0.3) is 0 Å². The van der Waals surface area contributed by atoms with Gasteiger partial charge in [0.15, 0.2) is 0 Å². The van der Waals surface area contributed by atoms with Crippen molar-refractivity contribution < 1.29 is 9.90 Å². The number of rotatable bonds is 5. The van der Waals surface area contributed by atoms with E-state index in [2.05, 4.69) is 18.7 Å². The highest BCUT2D eigenvalue weighted by molar-refractivity contribution is 5.75. The van der Waals surface area contributed by atoms with Gasteiger partial charge in [-0.2, -0.15) is 0 Å². The van der Waals surface area contributed by atoms with E-state index in [0.29, 0.717) is 12.8 Å². The van der Waals surface area contributed by atoms with Gasteiger partial charge in [-0.15, -0.1) is 6.58 Å². The molecule has 1 aliphatic carbocycles. The molecule has 0 amide bonds. The Morgan fingerprint density at radius 1 is 1.56 bits per heavy atom. The minimum Gasteiger partial charge on any atom is -0.481 e. The third kappa shape index (κ3) is 3.37. The Bertz CT molecular complexity index is 350. The van der Waals surface area contributed by atoms with Crippen molar-refractivity contribution in [1.82, 2.24) is 0 Å². The van der Waals surface area contributed by atoms with Gasteiger partial charge in [-0.3, -0.25) is 4.79 Å². The first kappa shape index (κ1) is 12.8. The number of carboxylic acid groups (broad SMARTS) is 1. The van der Waals surface area contributed by atoms with E-state index in [0.717, 1.165) is 24.0 Å². The largest absolute Gasteiger partial charge is 0.481 e. The summed E-state index contributed by atoms with van der Waals surface area (Å²) in [6, 6.07) is 0. The Kier molecular flexibility index (Phi) is 4.11. The SMILES string of the molecule is C=C(C)C[C@](C)(CC1=CCCC=C1)C(=O)O. The fourth-order valence-electron chi connectivity index (χ4n) is 2.13. The highest BCUT2D eigenvalue weighted by Gasteiger charge is 2.33. The van der Waals surface area contributed by atoms with Crippen molar-refractivity contribution in [3.63, 3.8) is 0 Å². The van der Waals surface area contributed by atoms with E-state index >= 15 is 0 Å². The number of allylic oxidation sites excluding steroid dienone is 5. The van der Waals surface area contributed by atoms with Gasteiger partial charge in [0.25, 0.3) is 0 Å². The summed E-state index contributed by atoms with van der Waals surface area (Å²) in [4.78, 5) is 11.3. The van der Waals surface area contributed by atoms with Gasteiger partial charge < -0.3 is 5.11 Å². The molecular weight excluding hydrogens is 200 g/mol. The van der Waals surface area contributed by atoms with Crippen molar-refractivity contribution in [2.75, 3.05) is 0 Å². The van der Waals surface area contributed by atoms with Crippen LogP contribution in [0.1, 0.15) is 39.5 Å². The van der Waals surface area contributed by atoms with Gasteiger partial charge in [0, 0.05) is 0 Å². The Hall–Kier alpha value is -1.31. The first-order valence-electron chi connectivity index (χ1n) is 5.67. The summed E-state index contributed by atoms with van der Waals surface area (Å²) in [6.07, 6.45) is 9.50. The van der Waals surface area contributed by atoms with Crippen LogP contribution in [0.15, 0.2) is 36.0 Å². The van der Waals surface area contributed by atoms with Crippen LogP contribution in [0.4, 0.5) is 0 Å². The molecule has 0 saturated carbocycles. The molecule has 0 spiro atoms. The van der Waals surface area contributed by atoms with Gasteiger partial charge in [0.05, 0.1) is 5.41 Å². The van der Waals surface area contributed by atoms with E-state index in [1.54, 1.807) is 6.92 Å². The molecule has 0 fully saturated rings. The lowest BCUT2D eigenvalue weighted by Gasteiger charge is -2.26. The minimum absolute atomic E-state index is 0.535. The summed E-state index contributed by atoms with van der Waals surface area (Å²) in [5.41, 5.74) is 1.34. The zero-order valence-corrected chi connectivity index (χ0v) is 10.1. The predicted molar refractivity (Wildman–Crippen MR) is 66.2 cm³/mol. The average molecular weight is 220 g/mol. The van der Waals surface area contributed by atoms with Crippen LogP contribution in [0.3, 0.4) is 0 Å². The first-order valence-corrected chi connectivity index (χ1v) is 5.67. The maximum absolute atomic E-state index is 11.3. The zero-order chi connectivity index (χ0) is 12.2. The van der Waals surface area contributed by atoms with Crippen LogP contribution < -0.4 is 0 Å². The average Bonchev–Trinajstić information content (AvgIpc) is 2.17. The molecule has 2 nitrogen and oxygen atoms in total. The van der Waals surface area contributed by atoms with Gasteiger partial charge in [0.2, 0.25) is 0 Å². The molecule has 0 bridgehead atoms. The van der Waals surface area contributed by atoms with Crippen LogP contribution in [-0.2, 0) is 4.79 Å². The highest BCUT2D eigenvalue weighted by atomic mass is 16.4. The van der Waals surface area contributed by atoms with Crippen LogP contribution in [0.2, 0.25) is 0 Å². The summed E-state index contributed by atoms with van der Waals surface area (Å²) in [5.74, 6) is -0.740. The quantitative estimate of drug-likeness (QED) is 0.717. The molecule has 0 heterocycles. The van der Waals surface area contributed by atoms with Crippen molar-refractivity contribution >= 4 is 5.97 Å². The molecule has 1 aliphatic rings. The second kappa shape index (κ2) is 5.15. The molecule has 0 unspecified atom stereocenters. The van der Waals surface area contributed by atoms with Crippen LogP contribution in [-0.4, -0.2) is 11.1 Å². The summed E-state index contributed by atoms with van der Waals surface area (Å²) in [6.45, 7) is 7.49. The molecule has 16 heavy (non-hydrogen) atoms. The van der Waals surface area contributed by atoms with E-state index in [1.165, 1.54) is 0 Å². The van der Waals surface area contributed by atoms with Gasteiger partial charge in [-0.25, -0.2) is 0 Å². The third-order valence-corrected chi connectivity index (χ3v) is 2.87. The van der Waals surface area contributed by atoms with Crippen molar-refractivity contribution in [2.24, 2.45) is 5.41 Å². The number of carbonyl (C=O) groups is 1. The molecular formula is C14H20O2. The number of hydrogen-bond donors (Lipinski definition) is 1. The second-order valence-corrected chi connectivity index (χ2v) is 4.94. The Morgan fingerprint density at radius 3 is 2.69 bits per heavy atom. The van der Waals surface area contributed by atoms with Gasteiger partial charge >= 0.3 is 5.97 Å². The molecule has 1 atom stereocenters. The summed E-state index contributed by atoms with van der Waals surface area (Å²) in [7, 11) is 0. The van der Waals surface area contributed by atoms with Crippen molar-refractivity contribution in [3.05, 3.63) is 36.0 Å². The lowest BCUT2D eigenvalue weighted by atomic mass is 9.78. The maximum Gasteiger partial charge on any atom is 0.310 e. The molecule has 0 aromatic carbocycles. The maximum atomic E-state index is 11.3. The number of carboxylic acids is 1. The van der Waals surface area contributed by atoms with Gasteiger partial charge in [-0.05, 0) is 39.5 Å². The lowest BCUT2D eigenvalue weighted by Crippen LogP contribution is -2.28. The lowest BCUT2D eigenvalue weighted by molar-refractivity contribution is -0.147. The van der Waals surface area contributed by atoms with E-state index in [-0.39, 0.29) is 0 Å². The van der Waals surface area contributed by atoms with Gasteiger partial charge in [0.1, 0.15) is 0 Å².